The second-order valence-electron chi connectivity index (χ2n) is 19.7. The van der Waals surface area contributed by atoms with Crippen molar-refractivity contribution in [2.24, 2.45) is 0 Å². The first kappa shape index (κ1) is 55.4. The van der Waals surface area contributed by atoms with Gasteiger partial charge < -0.3 is 4.74 Å². The first-order chi connectivity index (χ1) is 30.3. The fraction of sp³-hybridized carbons (Fsp3) is 0.800. The van der Waals surface area contributed by atoms with Gasteiger partial charge in [-0.05, 0) is 61.1 Å². The summed E-state index contributed by atoms with van der Waals surface area (Å²) in [4.78, 5) is 0. The lowest BCUT2D eigenvalue weighted by Crippen LogP contribution is -1.90. The van der Waals surface area contributed by atoms with Gasteiger partial charge in [-0.25, -0.2) is 0 Å². The summed E-state index contributed by atoms with van der Waals surface area (Å²) in [5.74, 6) is 1.90. The van der Waals surface area contributed by atoms with Gasteiger partial charge in [-0.1, -0.05) is 308 Å². The van der Waals surface area contributed by atoms with Crippen LogP contribution in [0.1, 0.15) is 307 Å². The van der Waals surface area contributed by atoms with Crippen LogP contribution in [0.2, 0.25) is 0 Å². The molecule has 0 N–H and O–H groups in total. The van der Waals surface area contributed by atoms with Crippen molar-refractivity contribution in [3.63, 3.8) is 0 Å². The van der Waals surface area contributed by atoms with Gasteiger partial charge in [0.25, 0.3) is 0 Å². The molecule has 0 aliphatic heterocycles. The molecule has 0 aliphatic carbocycles. The number of hydrogen-bond donors (Lipinski definition) is 0. The van der Waals surface area contributed by atoms with Gasteiger partial charge in [-0.2, -0.15) is 0 Å². The largest absolute Gasteiger partial charge is 0.457 e. The fourth-order valence-electron chi connectivity index (χ4n) is 9.46. The number of aryl methyl sites for hydroxylation is 2. The van der Waals surface area contributed by atoms with Crippen molar-refractivity contribution >= 4 is 0 Å². The molecule has 0 aromatic heterocycles. The minimum absolute atomic E-state index is 0.949. The van der Waals surface area contributed by atoms with E-state index in [2.05, 4.69) is 62.4 Å². The Balaban J connectivity index is 1.30. The Hall–Kier alpha value is -1.76. The number of hydrogen-bond acceptors (Lipinski definition) is 1. The quantitative estimate of drug-likeness (QED) is 0.0603. The van der Waals surface area contributed by atoms with Gasteiger partial charge in [0.2, 0.25) is 0 Å². The summed E-state index contributed by atoms with van der Waals surface area (Å²) in [5.41, 5.74) is 2.88. The van der Waals surface area contributed by atoms with E-state index in [-0.39, 0.29) is 0 Å². The second-order valence-corrected chi connectivity index (χ2v) is 19.7. The van der Waals surface area contributed by atoms with Crippen LogP contribution in [0.5, 0.6) is 11.5 Å². The molecule has 2 aromatic rings. The predicted molar refractivity (Wildman–Crippen MR) is 275 cm³/mol. The minimum atomic E-state index is 0.949. The molecule has 1 heteroatoms. The molecule has 0 unspecified atom stereocenters. The average Bonchev–Trinajstić information content (AvgIpc) is 3.28. The van der Waals surface area contributed by atoms with E-state index >= 15 is 0 Å². The molecular formula is C60H106O. The molecule has 0 fully saturated rings. The molecule has 0 saturated heterocycles. The molecule has 0 amide bonds. The highest BCUT2D eigenvalue weighted by Crippen LogP contribution is 2.24. The van der Waals surface area contributed by atoms with Crippen LogP contribution in [0.3, 0.4) is 0 Å². The smallest absolute Gasteiger partial charge is 0.127 e. The van der Waals surface area contributed by atoms with Crippen LogP contribution in [0.15, 0.2) is 48.5 Å². The van der Waals surface area contributed by atoms with Crippen LogP contribution in [0.25, 0.3) is 0 Å². The van der Waals surface area contributed by atoms with Crippen LogP contribution in [-0.2, 0) is 12.8 Å². The highest BCUT2D eigenvalue weighted by atomic mass is 16.5. The summed E-state index contributed by atoms with van der Waals surface area (Å²) < 4.78 is 6.19. The zero-order valence-electron chi connectivity index (χ0n) is 41.6. The van der Waals surface area contributed by atoms with Crippen LogP contribution >= 0.6 is 0 Å². The van der Waals surface area contributed by atoms with Crippen LogP contribution < -0.4 is 4.74 Å². The maximum absolute atomic E-state index is 6.19. The molecule has 0 saturated carbocycles. The van der Waals surface area contributed by atoms with Crippen molar-refractivity contribution in [2.45, 2.75) is 309 Å². The van der Waals surface area contributed by atoms with E-state index in [9.17, 15) is 0 Å². The summed E-state index contributed by atoms with van der Waals surface area (Å²) >= 11 is 0. The Morgan fingerprint density at radius 2 is 0.377 bits per heavy atom. The third-order valence-electron chi connectivity index (χ3n) is 13.7. The summed E-state index contributed by atoms with van der Waals surface area (Å²) in [6.45, 7) is 4.62. The average molecular weight is 844 g/mol. The second kappa shape index (κ2) is 44.8. The minimum Gasteiger partial charge on any atom is -0.457 e. The van der Waals surface area contributed by atoms with E-state index < -0.39 is 0 Å². The highest BCUT2D eigenvalue weighted by molar-refractivity contribution is 5.34. The fourth-order valence-corrected chi connectivity index (χ4v) is 9.46. The molecule has 2 aromatic carbocycles. The molecule has 0 aliphatic rings. The van der Waals surface area contributed by atoms with Crippen molar-refractivity contribution in [3.8, 4) is 11.5 Å². The molecule has 0 bridgehead atoms. The molecule has 0 atom stereocenters. The van der Waals surface area contributed by atoms with Gasteiger partial charge in [-0.15, -0.1) is 0 Å². The third kappa shape index (κ3) is 37.3. The standard InChI is InChI=1S/C60H106O/c1-3-5-7-9-11-13-15-17-19-21-23-25-27-29-31-33-35-37-39-41-43-45-47-57-49-53-59(54-50-57)61-60-55-51-58(52-56-60)48-46-44-42-40-38-36-34-32-30-28-26-24-22-20-18-16-14-12-10-8-6-4-2/h49-56H,3-48H2,1-2H3. The van der Waals surface area contributed by atoms with Crippen molar-refractivity contribution in [3.05, 3.63) is 59.7 Å². The van der Waals surface area contributed by atoms with Crippen molar-refractivity contribution < 1.29 is 4.74 Å². The lowest BCUT2D eigenvalue weighted by Gasteiger charge is -2.08. The van der Waals surface area contributed by atoms with Crippen LogP contribution in [-0.4, -0.2) is 0 Å². The van der Waals surface area contributed by atoms with Gasteiger partial charge in [0, 0.05) is 0 Å². The first-order valence-corrected chi connectivity index (χ1v) is 28.2. The van der Waals surface area contributed by atoms with Crippen molar-refractivity contribution in [2.75, 3.05) is 0 Å². The van der Waals surface area contributed by atoms with Gasteiger partial charge in [-0.3, -0.25) is 0 Å². The number of rotatable bonds is 48. The monoisotopic (exact) mass is 843 g/mol. The molecule has 352 valence electrons. The Bertz CT molecular complexity index is 1030. The van der Waals surface area contributed by atoms with Gasteiger partial charge in [0.15, 0.2) is 0 Å². The Kier molecular flexibility index (Phi) is 40.7. The maximum atomic E-state index is 6.19. The number of unbranched alkanes of at least 4 members (excludes halogenated alkanes) is 42. The van der Waals surface area contributed by atoms with E-state index in [1.54, 1.807) is 0 Å². The Morgan fingerprint density at radius 1 is 0.213 bits per heavy atom. The summed E-state index contributed by atoms with van der Waals surface area (Å²) in [5, 5.41) is 0. The lowest BCUT2D eigenvalue weighted by atomic mass is 10.0. The number of ether oxygens (including phenoxy) is 1. The molecule has 2 rings (SSSR count). The molecular weight excluding hydrogens is 737 g/mol. The van der Waals surface area contributed by atoms with E-state index in [1.807, 2.05) is 0 Å². The summed E-state index contributed by atoms with van der Waals surface area (Å²) in [6, 6.07) is 17.7. The normalized spacial score (nSPS) is 11.5. The van der Waals surface area contributed by atoms with Crippen LogP contribution in [0, 0.1) is 0 Å². The zero-order valence-corrected chi connectivity index (χ0v) is 41.6. The topological polar surface area (TPSA) is 9.23 Å². The molecule has 0 radical (unpaired) electrons. The SMILES string of the molecule is CCCCCCCCCCCCCCCCCCCCCCCCc1ccc(Oc2ccc(CCCCCCCCCCCCCCCCCCCCCCCC)cc2)cc1. The van der Waals surface area contributed by atoms with Crippen LogP contribution in [0.4, 0.5) is 0 Å². The highest BCUT2D eigenvalue weighted by Gasteiger charge is 2.02. The first-order valence-electron chi connectivity index (χ1n) is 28.2. The predicted octanol–water partition coefficient (Wildman–Crippen LogP) is 21.8. The Labute approximate surface area is 383 Å². The van der Waals surface area contributed by atoms with Gasteiger partial charge >= 0.3 is 0 Å². The summed E-state index contributed by atoms with van der Waals surface area (Å²) in [6.07, 6.45) is 65.9. The molecule has 1 nitrogen and oxygen atoms in total. The van der Waals surface area contributed by atoms with Crippen molar-refractivity contribution in [1.82, 2.24) is 0 Å². The molecule has 0 heterocycles. The van der Waals surface area contributed by atoms with E-state index in [0.717, 1.165) is 11.5 Å². The Morgan fingerprint density at radius 3 is 0.557 bits per heavy atom. The third-order valence-corrected chi connectivity index (χ3v) is 13.7. The molecule has 0 spiro atoms. The van der Waals surface area contributed by atoms with E-state index in [4.69, 9.17) is 4.74 Å². The van der Waals surface area contributed by atoms with E-state index in [0.29, 0.717) is 0 Å². The number of benzene rings is 2. The lowest BCUT2D eigenvalue weighted by molar-refractivity contribution is 0.482. The summed E-state index contributed by atoms with van der Waals surface area (Å²) in [7, 11) is 0. The van der Waals surface area contributed by atoms with Crippen molar-refractivity contribution in [1.29, 1.82) is 0 Å². The van der Waals surface area contributed by atoms with E-state index in [1.165, 1.54) is 306 Å². The molecule has 61 heavy (non-hydrogen) atoms. The zero-order chi connectivity index (χ0) is 43.2. The maximum Gasteiger partial charge on any atom is 0.127 e. The van der Waals surface area contributed by atoms with Gasteiger partial charge in [0.1, 0.15) is 11.5 Å². The van der Waals surface area contributed by atoms with Gasteiger partial charge in [0.05, 0.1) is 0 Å².